The Hall–Kier alpha value is -3.33. The van der Waals surface area contributed by atoms with Crippen LogP contribution < -0.4 is 9.64 Å². The van der Waals surface area contributed by atoms with E-state index in [0.29, 0.717) is 44.3 Å². The highest BCUT2D eigenvalue weighted by atomic mass is 16.5. The molecule has 7 rings (SSSR count). The maximum Gasteiger partial charge on any atom is 0.316 e. The third-order valence-electron chi connectivity index (χ3n) is 10.1. The molecule has 230 valence electrons. The van der Waals surface area contributed by atoms with E-state index in [1.165, 1.54) is 0 Å². The largest absolute Gasteiger partial charge is 0.464 e. The zero-order chi connectivity index (χ0) is 30.5. The van der Waals surface area contributed by atoms with Gasteiger partial charge in [0, 0.05) is 47.4 Å². The number of fused-ring (bicyclic) bond motifs is 3. The van der Waals surface area contributed by atoms with E-state index in [1.54, 1.807) is 12.4 Å². The maximum atomic E-state index is 14.0. The first-order chi connectivity index (χ1) is 20.4. The SMILES string of the molecule is CCOc1ncc(-c2cccc(N(CC34CCC(c5noc(C(C)(C)C)n5)(CC3)CC4)C(=O)CC3CC(C)(O)C3)c2)cn1. The van der Waals surface area contributed by atoms with Crippen LogP contribution in [0.15, 0.2) is 41.2 Å². The lowest BCUT2D eigenvalue weighted by Gasteiger charge is -2.53. The number of carbonyl (C=O) groups is 1. The Bertz CT molecular complexity index is 1430. The second-order valence-electron chi connectivity index (χ2n) is 14.6. The highest BCUT2D eigenvalue weighted by Crippen LogP contribution is 2.58. The molecule has 4 saturated carbocycles. The van der Waals surface area contributed by atoms with Gasteiger partial charge in [0.25, 0.3) is 0 Å². The normalized spacial score (nSPS) is 28.4. The number of anilines is 1. The molecule has 3 aromatic rings. The summed E-state index contributed by atoms with van der Waals surface area (Å²) in [5, 5.41) is 14.8. The van der Waals surface area contributed by atoms with Crippen LogP contribution in [0.1, 0.15) is 104 Å². The van der Waals surface area contributed by atoms with Gasteiger partial charge in [-0.05, 0) is 94.2 Å². The van der Waals surface area contributed by atoms with Gasteiger partial charge in [-0.1, -0.05) is 38.1 Å². The van der Waals surface area contributed by atoms with E-state index in [1.807, 2.05) is 36.9 Å². The first kappa shape index (κ1) is 29.7. The van der Waals surface area contributed by atoms with Gasteiger partial charge in [-0.15, -0.1) is 0 Å². The molecule has 1 N–H and O–H groups in total. The number of nitrogens with zero attached hydrogens (tertiary/aromatic N) is 5. The van der Waals surface area contributed by atoms with E-state index in [0.717, 1.165) is 61.2 Å². The summed E-state index contributed by atoms with van der Waals surface area (Å²) in [5.41, 5.74) is 1.93. The van der Waals surface area contributed by atoms with Crippen molar-refractivity contribution >= 4 is 11.6 Å². The zero-order valence-corrected chi connectivity index (χ0v) is 26.2. The Balaban J connectivity index is 1.23. The second kappa shape index (κ2) is 11.0. The molecule has 0 radical (unpaired) electrons. The minimum atomic E-state index is -0.653. The molecular formula is C34H45N5O4. The van der Waals surface area contributed by atoms with Crippen LogP contribution in [-0.2, 0) is 15.6 Å². The van der Waals surface area contributed by atoms with Gasteiger partial charge in [-0.3, -0.25) is 4.79 Å². The van der Waals surface area contributed by atoms with Gasteiger partial charge in [0.2, 0.25) is 11.8 Å². The van der Waals surface area contributed by atoms with Crippen LogP contribution in [0.5, 0.6) is 6.01 Å². The van der Waals surface area contributed by atoms with Gasteiger partial charge < -0.3 is 19.3 Å². The average Bonchev–Trinajstić information content (AvgIpc) is 3.49. The van der Waals surface area contributed by atoms with Crippen molar-refractivity contribution in [3.8, 4) is 17.1 Å². The number of carbonyl (C=O) groups excluding carboxylic acids is 1. The summed E-state index contributed by atoms with van der Waals surface area (Å²) in [6, 6.07) is 8.50. The summed E-state index contributed by atoms with van der Waals surface area (Å²) >= 11 is 0. The van der Waals surface area contributed by atoms with Crippen LogP contribution >= 0.6 is 0 Å². The first-order valence-electron chi connectivity index (χ1n) is 15.8. The summed E-state index contributed by atoms with van der Waals surface area (Å²) in [6.07, 6.45) is 11.4. The lowest BCUT2D eigenvalue weighted by Crippen LogP contribution is -2.51. The average molecular weight is 588 g/mol. The molecule has 9 heteroatoms. The monoisotopic (exact) mass is 587 g/mol. The predicted octanol–water partition coefficient (Wildman–Crippen LogP) is 6.40. The Labute approximate surface area is 254 Å². The van der Waals surface area contributed by atoms with Crippen LogP contribution in [-0.4, -0.2) is 49.9 Å². The highest BCUT2D eigenvalue weighted by molar-refractivity contribution is 5.94. The highest BCUT2D eigenvalue weighted by Gasteiger charge is 2.53. The van der Waals surface area contributed by atoms with Crippen LogP contribution in [0, 0.1) is 11.3 Å². The summed E-state index contributed by atoms with van der Waals surface area (Å²) in [6.45, 7) is 11.3. The summed E-state index contributed by atoms with van der Waals surface area (Å²) < 4.78 is 11.1. The number of rotatable bonds is 9. The Morgan fingerprint density at radius 3 is 2.33 bits per heavy atom. The fourth-order valence-corrected chi connectivity index (χ4v) is 7.45. The molecule has 1 amide bonds. The van der Waals surface area contributed by atoms with Gasteiger partial charge in [-0.25, -0.2) is 9.97 Å². The molecule has 43 heavy (non-hydrogen) atoms. The number of aromatic nitrogens is 4. The molecule has 2 aromatic heterocycles. The molecule has 9 nitrogen and oxygen atoms in total. The molecule has 0 aliphatic heterocycles. The summed E-state index contributed by atoms with van der Waals surface area (Å²) in [7, 11) is 0. The molecule has 0 saturated heterocycles. The number of hydrogen-bond acceptors (Lipinski definition) is 8. The van der Waals surface area contributed by atoms with Crippen molar-refractivity contribution in [2.24, 2.45) is 11.3 Å². The van der Waals surface area contributed by atoms with E-state index >= 15 is 0 Å². The van der Waals surface area contributed by atoms with Crippen molar-refractivity contribution in [1.29, 1.82) is 0 Å². The van der Waals surface area contributed by atoms with Gasteiger partial charge in [0.05, 0.1) is 12.2 Å². The van der Waals surface area contributed by atoms with E-state index in [9.17, 15) is 9.90 Å². The van der Waals surface area contributed by atoms with E-state index in [2.05, 4.69) is 42.0 Å². The number of ether oxygens (including phenoxy) is 1. The van der Waals surface area contributed by atoms with Gasteiger partial charge >= 0.3 is 6.01 Å². The predicted molar refractivity (Wildman–Crippen MR) is 164 cm³/mol. The third kappa shape index (κ3) is 6.06. The van der Waals surface area contributed by atoms with E-state index < -0.39 is 5.60 Å². The Morgan fingerprint density at radius 1 is 1.07 bits per heavy atom. The van der Waals surface area contributed by atoms with Crippen molar-refractivity contribution in [2.75, 3.05) is 18.1 Å². The minimum absolute atomic E-state index is 0.0331. The fraction of sp³-hybridized carbons (Fsp3) is 0.618. The fourth-order valence-electron chi connectivity index (χ4n) is 7.45. The Morgan fingerprint density at radius 2 is 1.74 bits per heavy atom. The maximum absolute atomic E-state index is 14.0. The van der Waals surface area contributed by atoms with E-state index in [-0.39, 0.29) is 28.1 Å². The summed E-state index contributed by atoms with van der Waals surface area (Å²) in [4.78, 5) is 29.6. The molecule has 0 spiro atoms. The Kier molecular flexibility index (Phi) is 7.60. The van der Waals surface area contributed by atoms with Crippen molar-refractivity contribution in [3.63, 3.8) is 0 Å². The molecule has 4 aliphatic rings. The minimum Gasteiger partial charge on any atom is -0.464 e. The standard InChI is InChI=1S/C34H45N5O4/c1-6-42-30-35-20-25(21-36-30)24-8-7-9-26(17-24)39(27(40)16-23-18-32(5,41)19-23)22-33-10-13-34(14-11-33,15-12-33)28-37-29(43-38-28)31(2,3)4/h7-9,17,20-21,23,41H,6,10-16,18-19,22H2,1-5H3. The second-order valence-corrected chi connectivity index (χ2v) is 14.6. The first-order valence-corrected chi connectivity index (χ1v) is 15.8. The summed E-state index contributed by atoms with van der Waals surface area (Å²) in [5.74, 6) is 1.90. The van der Waals surface area contributed by atoms with Crippen LogP contribution in [0.25, 0.3) is 11.1 Å². The quantitative estimate of drug-likeness (QED) is 0.306. The molecule has 0 atom stereocenters. The van der Waals surface area contributed by atoms with Gasteiger partial charge in [0.1, 0.15) is 0 Å². The van der Waals surface area contributed by atoms with Crippen LogP contribution in [0.3, 0.4) is 0 Å². The van der Waals surface area contributed by atoms with Crippen LogP contribution in [0.2, 0.25) is 0 Å². The topological polar surface area (TPSA) is 114 Å². The molecule has 2 heterocycles. The molecule has 1 aromatic carbocycles. The number of benzene rings is 1. The molecule has 4 aliphatic carbocycles. The van der Waals surface area contributed by atoms with Crippen molar-refractivity contribution in [1.82, 2.24) is 20.1 Å². The molecule has 2 bridgehead atoms. The van der Waals surface area contributed by atoms with Crippen molar-refractivity contribution < 1.29 is 19.2 Å². The van der Waals surface area contributed by atoms with Gasteiger partial charge in [0.15, 0.2) is 5.82 Å². The third-order valence-corrected chi connectivity index (χ3v) is 10.1. The zero-order valence-electron chi connectivity index (χ0n) is 26.2. The smallest absolute Gasteiger partial charge is 0.316 e. The lowest BCUT2D eigenvalue weighted by atomic mass is 9.53. The van der Waals surface area contributed by atoms with Gasteiger partial charge in [-0.2, -0.15) is 4.98 Å². The number of hydrogen-bond donors (Lipinski definition) is 1. The van der Waals surface area contributed by atoms with Crippen molar-refractivity contribution in [2.45, 2.75) is 109 Å². The van der Waals surface area contributed by atoms with Crippen molar-refractivity contribution in [3.05, 3.63) is 48.4 Å². The number of aliphatic hydroxyl groups is 1. The lowest BCUT2D eigenvalue weighted by molar-refractivity contribution is -0.124. The number of amides is 1. The van der Waals surface area contributed by atoms with Crippen LogP contribution in [0.4, 0.5) is 5.69 Å². The van der Waals surface area contributed by atoms with E-state index in [4.69, 9.17) is 14.2 Å². The molecule has 0 unspecified atom stereocenters. The molecular weight excluding hydrogens is 542 g/mol. The molecule has 4 fully saturated rings.